The minimum Gasteiger partial charge on any atom is -0.493 e. The molecule has 2 aliphatic heterocycles. The van der Waals surface area contributed by atoms with Crippen LogP contribution >= 0.6 is 11.8 Å². The predicted octanol–water partition coefficient (Wildman–Crippen LogP) is 6.64. The molecule has 42 heavy (non-hydrogen) atoms. The third kappa shape index (κ3) is 6.97. The number of piperidine rings is 1. The Labute approximate surface area is 251 Å². The summed E-state index contributed by atoms with van der Waals surface area (Å²) in [6.45, 7) is 6.37. The number of benzene rings is 3. The van der Waals surface area contributed by atoms with Gasteiger partial charge in [0, 0.05) is 36.6 Å². The smallest absolute Gasteiger partial charge is 0.266 e. The number of hydrogen-bond donors (Lipinski definition) is 1. The first-order valence-corrected chi connectivity index (χ1v) is 15.1. The summed E-state index contributed by atoms with van der Waals surface area (Å²) in [6, 6.07) is 21.2. The second kappa shape index (κ2) is 13.6. The van der Waals surface area contributed by atoms with E-state index in [1.54, 1.807) is 24.2 Å². The van der Waals surface area contributed by atoms with Crippen LogP contribution in [0.3, 0.4) is 0 Å². The van der Waals surface area contributed by atoms with Gasteiger partial charge in [-0.15, -0.1) is 0 Å². The summed E-state index contributed by atoms with van der Waals surface area (Å²) in [6.07, 6.45) is 5.52. The van der Waals surface area contributed by atoms with Gasteiger partial charge in [-0.1, -0.05) is 29.8 Å². The van der Waals surface area contributed by atoms with E-state index in [-0.39, 0.29) is 18.4 Å². The Morgan fingerprint density at radius 3 is 2.45 bits per heavy atom. The summed E-state index contributed by atoms with van der Waals surface area (Å²) < 4.78 is 11.5. The second-order valence-corrected chi connectivity index (χ2v) is 11.2. The molecule has 3 aromatic rings. The Bertz CT molecular complexity index is 1480. The van der Waals surface area contributed by atoms with Crippen LogP contribution in [0.5, 0.6) is 11.5 Å². The molecule has 1 N–H and O–H groups in total. The Kier molecular flexibility index (Phi) is 9.48. The highest BCUT2D eigenvalue weighted by molar-refractivity contribution is 8.18. The van der Waals surface area contributed by atoms with Gasteiger partial charge >= 0.3 is 0 Å². The molecule has 2 fully saturated rings. The minimum absolute atomic E-state index is 0.128. The molecule has 9 heteroatoms. The van der Waals surface area contributed by atoms with Gasteiger partial charge in [-0.25, -0.2) is 4.99 Å². The fourth-order valence-corrected chi connectivity index (χ4v) is 6.00. The van der Waals surface area contributed by atoms with E-state index in [0.717, 1.165) is 24.3 Å². The number of para-hydroxylation sites is 1. The monoisotopic (exact) mass is 584 g/mol. The van der Waals surface area contributed by atoms with Crippen molar-refractivity contribution >= 4 is 51.9 Å². The van der Waals surface area contributed by atoms with Crippen LogP contribution in [-0.4, -0.2) is 55.2 Å². The van der Waals surface area contributed by atoms with Gasteiger partial charge in [0.05, 0.1) is 17.7 Å². The molecule has 0 radical (unpaired) electrons. The lowest BCUT2D eigenvalue weighted by Gasteiger charge is -2.28. The van der Waals surface area contributed by atoms with Crippen LogP contribution in [0, 0.1) is 6.92 Å². The maximum Gasteiger partial charge on any atom is 0.266 e. The number of nitrogens with zero attached hydrogens (tertiary/aromatic N) is 3. The second-order valence-electron chi connectivity index (χ2n) is 10.2. The first kappa shape index (κ1) is 29.3. The molecule has 0 saturated carbocycles. The molecule has 0 bridgehead atoms. The van der Waals surface area contributed by atoms with Crippen molar-refractivity contribution in [3.8, 4) is 11.5 Å². The van der Waals surface area contributed by atoms with Crippen molar-refractivity contribution in [2.45, 2.75) is 33.1 Å². The number of likely N-dealkylation sites (N-methyl/N-ethyl adjacent to an activating group) is 1. The number of nitrogens with one attached hydrogen (secondary N) is 1. The van der Waals surface area contributed by atoms with Crippen LogP contribution in [0.1, 0.15) is 37.3 Å². The summed E-state index contributed by atoms with van der Waals surface area (Å²) in [5.74, 6) is 0.435. The number of amidine groups is 1. The Hall–Kier alpha value is -4.24. The molecule has 0 atom stereocenters. The van der Waals surface area contributed by atoms with Crippen molar-refractivity contribution in [3.05, 3.63) is 82.8 Å². The molecule has 3 aromatic carbocycles. The van der Waals surface area contributed by atoms with Crippen molar-refractivity contribution in [2.24, 2.45) is 4.99 Å². The van der Waals surface area contributed by atoms with E-state index < -0.39 is 0 Å². The quantitative estimate of drug-likeness (QED) is 0.284. The zero-order valence-electron chi connectivity index (χ0n) is 24.3. The lowest BCUT2D eigenvalue weighted by molar-refractivity contribution is -0.122. The summed E-state index contributed by atoms with van der Waals surface area (Å²) in [5, 5.41) is 3.46. The highest BCUT2D eigenvalue weighted by Gasteiger charge is 2.32. The number of amides is 2. The van der Waals surface area contributed by atoms with Gasteiger partial charge in [-0.2, -0.15) is 0 Å². The van der Waals surface area contributed by atoms with Crippen LogP contribution in [0.25, 0.3) is 6.08 Å². The molecule has 2 saturated heterocycles. The Balaban J connectivity index is 1.33. The van der Waals surface area contributed by atoms with E-state index in [9.17, 15) is 9.59 Å². The summed E-state index contributed by atoms with van der Waals surface area (Å²) in [5.41, 5.74) is 4.44. The van der Waals surface area contributed by atoms with E-state index in [1.165, 1.54) is 36.7 Å². The SMILES string of the molecule is CCN1C(=O)/C(=C/c2cccc(OC)c2OCC(=O)Nc2ccc(C)cc2)SC1=Nc1ccc(N2CCCCC2)cc1. The van der Waals surface area contributed by atoms with Crippen LogP contribution in [0.4, 0.5) is 17.1 Å². The Morgan fingerprint density at radius 1 is 1.02 bits per heavy atom. The van der Waals surface area contributed by atoms with Crippen LogP contribution < -0.4 is 19.7 Å². The largest absolute Gasteiger partial charge is 0.493 e. The number of rotatable bonds is 9. The molecule has 2 aliphatic rings. The molecule has 218 valence electrons. The first-order valence-electron chi connectivity index (χ1n) is 14.3. The number of carbonyl (C=O) groups is 2. The number of aliphatic imine (C=N–C) groups is 1. The summed E-state index contributed by atoms with van der Waals surface area (Å²) >= 11 is 1.32. The maximum absolute atomic E-state index is 13.4. The van der Waals surface area contributed by atoms with Gasteiger partial charge in [0.1, 0.15) is 0 Å². The zero-order valence-corrected chi connectivity index (χ0v) is 25.1. The zero-order chi connectivity index (χ0) is 29.5. The van der Waals surface area contributed by atoms with Crippen LogP contribution in [0.2, 0.25) is 0 Å². The topological polar surface area (TPSA) is 83.5 Å². The highest BCUT2D eigenvalue weighted by Crippen LogP contribution is 2.38. The molecular weight excluding hydrogens is 548 g/mol. The molecule has 2 heterocycles. The van der Waals surface area contributed by atoms with Gasteiger partial charge in [0.15, 0.2) is 23.3 Å². The van der Waals surface area contributed by atoms with E-state index >= 15 is 0 Å². The lowest BCUT2D eigenvalue weighted by Crippen LogP contribution is -2.29. The third-order valence-corrected chi connectivity index (χ3v) is 8.21. The number of carbonyl (C=O) groups excluding carboxylic acids is 2. The van der Waals surface area contributed by atoms with Crippen molar-refractivity contribution in [2.75, 3.05) is 43.6 Å². The number of anilines is 2. The average Bonchev–Trinajstić information content (AvgIpc) is 3.31. The first-order chi connectivity index (χ1) is 20.4. The molecule has 8 nitrogen and oxygen atoms in total. The normalized spacial score (nSPS) is 17.2. The number of ether oxygens (including phenoxy) is 2. The average molecular weight is 585 g/mol. The molecule has 0 spiro atoms. The van der Waals surface area contributed by atoms with E-state index in [1.807, 2.05) is 62.4 Å². The van der Waals surface area contributed by atoms with Crippen LogP contribution in [0.15, 0.2) is 76.6 Å². The lowest BCUT2D eigenvalue weighted by atomic mass is 10.1. The van der Waals surface area contributed by atoms with Crippen LogP contribution in [-0.2, 0) is 9.59 Å². The van der Waals surface area contributed by atoms with Gasteiger partial charge in [0.25, 0.3) is 11.8 Å². The van der Waals surface area contributed by atoms with Gasteiger partial charge in [-0.05, 0) is 93.4 Å². The van der Waals surface area contributed by atoms with Gasteiger partial charge in [0.2, 0.25) is 0 Å². The number of methoxy groups -OCH3 is 1. The third-order valence-electron chi connectivity index (χ3n) is 7.20. The number of hydrogen-bond acceptors (Lipinski definition) is 7. The van der Waals surface area contributed by atoms with Gasteiger partial charge < -0.3 is 19.7 Å². The maximum atomic E-state index is 13.4. The molecule has 0 aromatic heterocycles. The molecule has 5 rings (SSSR count). The van der Waals surface area contributed by atoms with Gasteiger partial charge in [-0.3, -0.25) is 14.5 Å². The summed E-state index contributed by atoms with van der Waals surface area (Å²) in [7, 11) is 1.54. The molecule has 2 amide bonds. The van der Waals surface area contributed by atoms with E-state index in [0.29, 0.717) is 39.4 Å². The summed E-state index contributed by atoms with van der Waals surface area (Å²) in [4.78, 5) is 35.4. The molecule has 0 aliphatic carbocycles. The highest BCUT2D eigenvalue weighted by atomic mass is 32.2. The predicted molar refractivity (Wildman–Crippen MR) is 171 cm³/mol. The van der Waals surface area contributed by atoms with Crippen molar-refractivity contribution in [1.29, 1.82) is 0 Å². The Morgan fingerprint density at radius 2 is 1.76 bits per heavy atom. The standard InChI is InChI=1S/C33H36N4O4S/c1-4-37-32(39)29(42-33(37)35-26-15-17-27(18-16-26)36-19-6-5-7-20-36)21-24-9-8-10-28(40-3)31(24)41-22-30(38)34-25-13-11-23(2)12-14-25/h8-18,21H,4-7,19-20,22H2,1-3H3,(H,34,38)/b29-21-,35-33?. The fraction of sp³-hybridized carbons (Fsp3) is 0.303. The molecule has 0 unspecified atom stereocenters. The number of aryl methyl sites for hydroxylation is 1. The minimum atomic E-state index is -0.299. The molecular formula is C33H36N4O4S. The van der Waals surface area contributed by atoms with E-state index in [2.05, 4.69) is 22.3 Å². The number of thioether (sulfide) groups is 1. The van der Waals surface area contributed by atoms with Crippen molar-refractivity contribution < 1.29 is 19.1 Å². The fourth-order valence-electron chi connectivity index (χ4n) is 4.95. The van der Waals surface area contributed by atoms with Crippen molar-refractivity contribution in [1.82, 2.24) is 4.90 Å². The van der Waals surface area contributed by atoms with E-state index in [4.69, 9.17) is 14.5 Å². The van der Waals surface area contributed by atoms with Crippen molar-refractivity contribution in [3.63, 3.8) is 0 Å².